The molecule has 2 aromatic carbocycles. The Kier molecular flexibility index (Phi) is 4.65. The van der Waals surface area contributed by atoms with E-state index >= 15 is 0 Å². The molecule has 0 radical (unpaired) electrons. The third kappa shape index (κ3) is 3.74. The second-order valence-electron chi connectivity index (χ2n) is 9.36. The van der Waals surface area contributed by atoms with Crippen LogP contribution in [-0.4, -0.2) is 25.9 Å². The highest BCUT2D eigenvalue weighted by Gasteiger charge is 2.36. The Morgan fingerprint density at radius 3 is 2.77 bits per heavy atom. The molecule has 2 aromatic heterocycles. The van der Waals surface area contributed by atoms with Gasteiger partial charge in [-0.3, -0.25) is 9.89 Å². The first-order chi connectivity index (χ1) is 14.9. The Labute approximate surface area is 181 Å². The highest BCUT2D eigenvalue weighted by Crippen LogP contribution is 2.41. The molecule has 0 bridgehead atoms. The molecule has 158 valence electrons. The molecule has 6 heteroatoms. The number of aromatic nitrogens is 4. The smallest absolute Gasteiger partial charge is 0.226 e. The number of amides is 1. The van der Waals surface area contributed by atoms with Gasteiger partial charge in [-0.05, 0) is 43.4 Å². The summed E-state index contributed by atoms with van der Waals surface area (Å²) in [5.41, 5.74) is 6.36. The molecule has 1 aliphatic rings. The minimum Gasteiger partial charge on any atom is -0.349 e. The number of nitrogens with one attached hydrogen (secondary N) is 2. The van der Waals surface area contributed by atoms with Gasteiger partial charge in [0.2, 0.25) is 5.91 Å². The average molecular weight is 414 g/mol. The Morgan fingerprint density at radius 2 is 1.97 bits per heavy atom. The van der Waals surface area contributed by atoms with E-state index in [0.717, 1.165) is 40.7 Å². The number of para-hydroxylation sites is 1. The van der Waals surface area contributed by atoms with Crippen molar-refractivity contribution in [3.05, 3.63) is 77.2 Å². The number of hydrogen-bond donors (Lipinski definition) is 2. The number of carbonyl (C=O) groups is 1. The highest BCUT2D eigenvalue weighted by molar-refractivity contribution is 5.87. The predicted molar refractivity (Wildman–Crippen MR) is 121 cm³/mol. The van der Waals surface area contributed by atoms with Crippen molar-refractivity contribution < 1.29 is 4.79 Å². The Balaban J connectivity index is 1.41. The lowest BCUT2D eigenvalue weighted by atomic mass is 9.74. The van der Waals surface area contributed by atoms with Crippen molar-refractivity contribution in [2.45, 2.75) is 46.1 Å². The summed E-state index contributed by atoms with van der Waals surface area (Å²) in [5, 5.41) is 16.3. The Morgan fingerprint density at radius 1 is 1.19 bits per heavy atom. The van der Waals surface area contributed by atoms with Crippen molar-refractivity contribution in [2.75, 3.05) is 0 Å². The van der Waals surface area contributed by atoms with Crippen molar-refractivity contribution >= 4 is 16.8 Å². The second kappa shape index (κ2) is 7.38. The van der Waals surface area contributed by atoms with Crippen molar-refractivity contribution in [2.24, 2.45) is 5.41 Å². The minimum absolute atomic E-state index is 0.00820. The summed E-state index contributed by atoms with van der Waals surface area (Å²) in [6.07, 6.45) is 4.00. The number of nitrogens with zero attached hydrogens (tertiary/aromatic N) is 3. The van der Waals surface area contributed by atoms with E-state index in [1.807, 2.05) is 35.1 Å². The fraction of sp³-hybridized carbons (Fsp3) is 0.320. The van der Waals surface area contributed by atoms with Crippen LogP contribution in [0.15, 0.2) is 54.7 Å². The molecule has 2 heterocycles. The summed E-state index contributed by atoms with van der Waals surface area (Å²) in [7, 11) is 0. The van der Waals surface area contributed by atoms with Gasteiger partial charge in [0.25, 0.3) is 0 Å². The molecular formula is C25H27N5O. The van der Waals surface area contributed by atoms with Crippen LogP contribution in [0.1, 0.15) is 48.8 Å². The quantitative estimate of drug-likeness (QED) is 0.520. The number of fused-ring (bicyclic) bond motifs is 2. The van der Waals surface area contributed by atoms with E-state index in [9.17, 15) is 4.79 Å². The summed E-state index contributed by atoms with van der Waals surface area (Å²) in [6.45, 7) is 6.59. The molecule has 4 aromatic rings. The summed E-state index contributed by atoms with van der Waals surface area (Å²) in [6, 6.07) is 16.2. The lowest BCUT2D eigenvalue weighted by molar-refractivity contribution is -0.121. The largest absolute Gasteiger partial charge is 0.349 e. The van der Waals surface area contributed by atoms with Crippen LogP contribution in [-0.2, 0) is 17.6 Å². The fourth-order valence-electron chi connectivity index (χ4n) is 4.63. The van der Waals surface area contributed by atoms with Gasteiger partial charge in [0, 0.05) is 10.9 Å². The van der Waals surface area contributed by atoms with Gasteiger partial charge in [-0.2, -0.15) is 10.2 Å². The van der Waals surface area contributed by atoms with Gasteiger partial charge in [-0.25, -0.2) is 4.68 Å². The van der Waals surface area contributed by atoms with E-state index in [2.05, 4.69) is 65.6 Å². The molecule has 0 saturated carbocycles. The first-order valence-corrected chi connectivity index (χ1v) is 10.7. The lowest BCUT2D eigenvalue weighted by Crippen LogP contribution is -2.37. The van der Waals surface area contributed by atoms with Gasteiger partial charge in [-0.1, -0.05) is 49.7 Å². The van der Waals surface area contributed by atoms with Crippen LogP contribution < -0.4 is 5.32 Å². The number of rotatable bonds is 4. The Bertz CT molecular complexity index is 1250. The zero-order chi connectivity index (χ0) is 21.6. The van der Waals surface area contributed by atoms with Crippen LogP contribution in [0.5, 0.6) is 0 Å². The van der Waals surface area contributed by atoms with Crippen LogP contribution in [0.25, 0.3) is 16.6 Å². The topological polar surface area (TPSA) is 75.6 Å². The summed E-state index contributed by atoms with van der Waals surface area (Å²) in [5.74, 6) is -0.00820. The van der Waals surface area contributed by atoms with Crippen molar-refractivity contribution in [1.82, 2.24) is 25.3 Å². The van der Waals surface area contributed by atoms with Gasteiger partial charge in [-0.15, -0.1) is 0 Å². The van der Waals surface area contributed by atoms with E-state index in [1.165, 1.54) is 11.3 Å². The van der Waals surface area contributed by atoms with Crippen LogP contribution in [0.3, 0.4) is 0 Å². The zero-order valence-electron chi connectivity index (χ0n) is 18.1. The van der Waals surface area contributed by atoms with Crippen LogP contribution in [0.2, 0.25) is 0 Å². The standard InChI is InChI=1S/C25H27N5O/c1-16-8-10-17(11-9-16)30-23-14-25(2,3)13-22(19(23)15-26-30)27-24(31)12-21-18-6-4-5-7-20(18)28-29-21/h4-11,15,22H,12-14H2,1-3H3,(H,27,31)(H,28,29)/t22-/m1/s1. The molecule has 0 fully saturated rings. The third-order valence-electron chi connectivity index (χ3n) is 6.17. The molecule has 1 atom stereocenters. The molecule has 0 aliphatic heterocycles. The predicted octanol–water partition coefficient (Wildman–Crippen LogP) is 4.43. The van der Waals surface area contributed by atoms with E-state index in [0.29, 0.717) is 0 Å². The maximum Gasteiger partial charge on any atom is 0.226 e. The molecule has 1 aliphatic carbocycles. The maximum absolute atomic E-state index is 13.0. The van der Waals surface area contributed by atoms with Crippen LogP contribution >= 0.6 is 0 Å². The summed E-state index contributed by atoms with van der Waals surface area (Å²) < 4.78 is 2.03. The monoisotopic (exact) mass is 413 g/mol. The summed E-state index contributed by atoms with van der Waals surface area (Å²) >= 11 is 0. The van der Waals surface area contributed by atoms with E-state index in [4.69, 9.17) is 0 Å². The number of aryl methyl sites for hydroxylation is 1. The normalized spacial score (nSPS) is 17.5. The van der Waals surface area contributed by atoms with Gasteiger partial charge in [0.1, 0.15) is 0 Å². The molecule has 2 N–H and O–H groups in total. The Hall–Kier alpha value is -3.41. The van der Waals surface area contributed by atoms with E-state index in [1.54, 1.807) is 0 Å². The van der Waals surface area contributed by atoms with Gasteiger partial charge in [0.05, 0.1) is 41.3 Å². The lowest BCUT2D eigenvalue weighted by Gasteiger charge is -2.36. The van der Waals surface area contributed by atoms with E-state index < -0.39 is 0 Å². The SMILES string of the molecule is Cc1ccc(-n2ncc3c2CC(C)(C)C[C@H]3NC(=O)Cc2[nH]nc3ccccc23)cc1. The average Bonchev–Trinajstić information content (AvgIpc) is 3.32. The first-order valence-electron chi connectivity index (χ1n) is 10.7. The van der Waals surface area contributed by atoms with Crippen molar-refractivity contribution in [3.8, 4) is 5.69 Å². The number of aromatic amines is 1. The van der Waals surface area contributed by atoms with Gasteiger partial charge >= 0.3 is 0 Å². The molecule has 0 spiro atoms. The molecule has 1 amide bonds. The molecular weight excluding hydrogens is 386 g/mol. The van der Waals surface area contributed by atoms with Crippen LogP contribution in [0, 0.1) is 12.3 Å². The second-order valence-corrected chi connectivity index (χ2v) is 9.36. The highest BCUT2D eigenvalue weighted by atomic mass is 16.1. The van der Waals surface area contributed by atoms with E-state index in [-0.39, 0.29) is 23.8 Å². The van der Waals surface area contributed by atoms with Crippen LogP contribution in [0.4, 0.5) is 0 Å². The molecule has 31 heavy (non-hydrogen) atoms. The summed E-state index contributed by atoms with van der Waals surface area (Å²) in [4.78, 5) is 13.0. The third-order valence-corrected chi connectivity index (χ3v) is 6.17. The number of hydrogen-bond acceptors (Lipinski definition) is 3. The molecule has 5 rings (SSSR count). The van der Waals surface area contributed by atoms with Crippen molar-refractivity contribution in [3.63, 3.8) is 0 Å². The number of carbonyl (C=O) groups excluding carboxylic acids is 1. The zero-order valence-corrected chi connectivity index (χ0v) is 18.1. The molecule has 0 saturated heterocycles. The number of benzene rings is 2. The van der Waals surface area contributed by atoms with Gasteiger partial charge in [0.15, 0.2) is 0 Å². The molecule has 6 nitrogen and oxygen atoms in total. The first kappa shape index (κ1) is 19.5. The van der Waals surface area contributed by atoms with Crippen molar-refractivity contribution in [1.29, 1.82) is 0 Å². The number of H-pyrrole nitrogens is 1. The molecule has 0 unspecified atom stereocenters. The fourth-order valence-corrected chi connectivity index (χ4v) is 4.63. The minimum atomic E-state index is -0.0559. The maximum atomic E-state index is 13.0. The van der Waals surface area contributed by atoms with Gasteiger partial charge < -0.3 is 5.32 Å².